The van der Waals surface area contributed by atoms with Gasteiger partial charge in [0.05, 0.1) is 7.11 Å². The molecule has 0 saturated carbocycles. The van der Waals surface area contributed by atoms with E-state index in [-0.39, 0.29) is 29.7 Å². The SMILES string of the molecule is COc1cccc(C(=O)NNC2=C(C(=O)C(F)(F)F)CCCCC2)c1. The number of hydrogen-bond acceptors (Lipinski definition) is 4. The summed E-state index contributed by atoms with van der Waals surface area (Å²) in [6.07, 6.45) is -2.74. The van der Waals surface area contributed by atoms with Crippen LogP contribution < -0.4 is 15.6 Å². The maximum absolute atomic E-state index is 12.8. The van der Waals surface area contributed by atoms with Crippen LogP contribution in [0.3, 0.4) is 0 Å². The zero-order valence-electron chi connectivity index (χ0n) is 13.7. The number of ketones is 1. The minimum absolute atomic E-state index is 0.0374. The molecule has 0 bridgehead atoms. The average Bonchev–Trinajstić information content (AvgIpc) is 2.83. The Labute approximate surface area is 143 Å². The first-order chi connectivity index (χ1) is 11.8. The van der Waals surface area contributed by atoms with Gasteiger partial charge in [-0.1, -0.05) is 12.5 Å². The van der Waals surface area contributed by atoms with Crippen molar-refractivity contribution in [1.29, 1.82) is 0 Å². The summed E-state index contributed by atoms with van der Waals surface area (Å²) in [4.78, 5) is 23.8. The molecule has 1 aliphatic rings. The molecule has 0 unspecified atom stereocenters. The van der Waals surface area contributed by atoms with Gasteiger partial charge in [0.1, 0.15) is 5.75 Å². The number of rotatable bonds is 5. The van der Waals surface area contributed by atoms with Crippen LogP contribution in [0.2, 0.25) is 0 Å². The lowest BCUT2D eigenvalue weighted by atomic mass is 10.0. The summed E-state index contributed by atoms with van der Waals surface area (Å²) in [6, 6.07) is 6.33. The fourth-order valence-electron chi connectivity index (χ4n) is 2.61. The number of amides is 1. The van der Waals surface area contributed by atoms with Crippen LogP contribution >= 0.6 is 0 Å². The van der Waals surface area contributed by atoms with Gasteiger partial charge in [0.25, 0.3) is 11.7 Å². The zero-order valence-corrected chi connectivity index (χ0v) is 13.7. The topological polar surface area (TPSA) is 67.4 Å². The Morgan fingerprint density at radius 1 is 1.12 bits per heavy atom. The van der Waals surface area contributed by atoms with Crippen molar-refractivity contribution in [3.05, 3.63) is 41.1 Å². The molecule has 0 fully saturated rings. The number of carbonyl (C=O) groups is 2. The van der Waals surface area contributed by atoms with Crippen molar-refractivity contribution in [1.82, 2.24) is 10.9 Å². The van der Waals surface area contributed by atoms with Gasteiger partial charge < -0.3 is 10.2 Å². The molecule has 0 aliphatic heterocycles. The Morgan fingerprint density at radius 2 is 1.84 bits per heavy atom. The number of benzene rings is 1. The van der Waals surface area contributed by atoms with E-state index in [1.165, 1.54) is 13.2 Å². The molecule has 25 heavy (non-hydrogen) atoms. The molecule has 0 radical (unpaired) electrons. The van der Waals surface area contributed by atoms with Crippen molar-refractivity contribution in [3.8, 4) is 5.75 Å². The van der Waals surface area contributed by atoms with E-state index < -0.39 is 17.9 Å². The normalized spacial score (nSPS) is 15.4. The first-order valence-electron chi connectivity index (χ1n) is 7.87. The van der Waals surface area contributed by atoms with Crippen molar-refractivity contribution >= 4 is 11.7 Å². The fraction of sp³-hybridized carbons (Fsp3) is 0.412. The highest BCUT2D eigenvalue weighted by molar-refractivity contribution is 6.00. The molecule has 2 rings (SSSR count). The molecule has 1 aliphatic carbocycles. The quantitative estimate of drug-likeness (QED) is 0.795. The minimum atomic E-state index is -4.93. The molecule has 0 aromatic heterocycles. The van der Waals surface area contributed by atoms with E-state index in [0.29, 0.717) is 18.6 Å². The molecule has 2 N–H and O–H groups in total. The van der Waals surface area contributed by atoms with E-state index in [9.17, 15) is 22.8 Å². The van der Waals surface area contributed by atoms with E-state index in [1.807, 2.05) is 0 Å². The molecular formula is C17H19F3N2O3. The van der Waals surface area contributed by atoms with Gasteiger partial charge in [-0.05, 0) is 43.9 Å². The van der Waals surface area contributed by atoms with E-state index in [2.05, 4.69) is 10.9 Å². The van der Waals surface area contributed by atoms with Crippen molar-refractivity contribution in [2.45, 2.75) is 38.3 Å². The highest BCUT2D eigenvalue weighted by atomic mass is 19.4. The standard InChI is InChI=1S/C17H19F3N2O3/c1-25-12-7-5-6-11(10-12)16(24)22-21-14-9-4-2-3-8-13(14)15(23)17(18,19)20/h5-7,10,21H,2-4,8-9H2,1H3,(H,22,24). The predicted octanol–water partition coefficient (Wildman–Crippen LogP) is 3.28. The van der Waals surface area contributed by atoms with Crippen molar-refractivity contribution in [2.24, 2.45) is 0 Å². The Bertz CT molecular complexity index is 684. The second kappa shape index (κ2) is 8.04. The molecular weight excluding hydrogens is 337 g/mol. The third kappa shape index (κ3) is 4.98. The summed E-state index contributed by atoms with van der Waals surface area (Å²) in [5.41, 5.74) is 4.98. The summed E-state index contributed by atoms with van der Waals surface area (Å²) in [5.74, 6) is -1.91. The number of hydrogen-bond donors (Lipinski definition) is 2. The van der Waals surface area contributed by atoms with E-state index in [1.54, 1.807) is 18.2 Å². The highest BCUT2D eigenvalue weighted by Gasteiger charge is 2.41. The van der Waals surface area contributed by atoms with Gasteiger partial charge in [0.15, 0.2) is 0 Å². The number of nitrogens with one attached hydrogen (secondary N) is 2. The molecule has 0 atom stereocenters. The van der Waals surface area contributed by atoms with Crippen molar-refractivity contribution in [2.75, 3.05) is 7.11 Å². The van der Waals surface area contributed by atoms with E-state index in [0.717, 1.165) is 6.42 Å². The summed E-state index contributed by atoms with van der Waals surface area (Å²) < 4.78 is 43.3. The monoisotopic (exact) mass is 356 g/mol. The summed E-state index contributed by atoms with van der Waals surface area (Å²) in [6.45, 7) is 0. The average molecular weight is 356 g/mol. The lowest BCUT2D eigenvalue weighted by molar-refractivity contribution is -0.166. The first-order valence-corrected chi connectivity index (χ1v) is 7.87. The van der Waals surface area contributed by atoms with Gasteiger partial charge in [0.2, 0.25) is 0 Å². The maximum Gasteiger partial charge on any atom is 0.454 e. The summed E-state index contributed by atoms with van der Waals surface area (Å²) in [7, 11) is 1.46. The molecule has 136 valence electrons. The van der Waals surface area contributed by atoms with Crippen LogP contribution in [0.4, 0.5) is 13.2 Å². The lowest BCUT2D eigenvalue weighted by Gasteiger charge is -2.16. The van der Waals surface area contributed by atoms with Crippen LogP contribution in [0.25, 0.3) is 0 Å². The third-order valence-corrected chi connectivity index (χ3v) is 3.91. The van der Waals surface area contributed by atoms with Gasteiger partial charge >= 0.3 is 6.18 Å². The summed E-state index contributed by atoms with van der Waals surface area (Å²) in [5, 5.41) is 0. The van der Waals surface area contributed by atoms with Crippen LogP contribution in [0.5, 0.6) is 5.75 Å². The number of hydrazine groups is 1. The van der Waals surface area contributed by atoms with Crippen LogP contribution in [-0.2, 0) is 4.79 Å². The molecule has 0 saturated heterocycles. The number of Topliss-reactive ketones (excluding diaryl/α,β-unsaturated/α-hetero) is 1. The van der Waals surface area contributed by atoms with Gasteiger partial charge in [-0.2, -0.15) is 13.2 Å². The molecule has 0 heterocycles. The Balaban J connectivity index is 2.15. The van der Waals surface area contributed by atoms with Crippen LogP contribution in [-0.4, -0.2) is 25.0 Å². The number of ether oxygens (including phenoxy) is 1. The third-order valence-electron chi connectivity index (χ3n) is 3.91. The number of carbonyl (C=O) groups excluding carboxylic acids is 2. The molecule has 5 nitrogen and oxygen atoms in total. The second-order valence-electron chi connectivity index (χ2n) is 5.66. The smallest absolute Gasteiger partial charge is 0.454 e. The Hall–Kier alpha value is -2.51. The second-order valence-corrected chi connectivity index (χ2v) is 5.66. The first kappa shape index (κ1) is 18.8. The van der Waals surface area contributed by atoms with Crippen LogP contribution in [0, 0.1) is 0 Å². The van der Waals surface area contributed by atoms with Gasteiger partial charge in [-0.3, -0.25) is 15.0 Å². The number of methoxy groups -OCH3 is 1. The van der Waals surface area contributed by atoms with Crippen LogP contribution in [0.1, 0.15) is 42.5 Å². The highest BCUT2D eigenvalue weighted by Crippen LogP contribution is 2.29. The predicted molar refractivity (Wildman–Crippen MR) is 84.8 cm³/mol. The van der Waals surface area contributed by atoms with Crippen LogP contribution in [0.15, 0.2) is 35.5 Å². The molecule has 8 heteroatoms. The zero-order chi connectivity index (χ0) is 18.4. The molecule has 1 aromatic carbocycles. The van der Waals surface area contributed by atoms with Gasteiger partial charge in [0, 0.05) is 16.8 Å². The van der Waals surface area contributed by atoms with Gasteiger partial charge in [-0.15, -0.1) is 0 Å². The number of halogens is 3. The van der Waals surface area contributed by atoms with Crippen molar-refractivity contribution < 1.29 is 27.5 Å². The molecule has 0 spiro atoms. The minimum Gasteiger partial charge on any atom is -0.497 e. The summed E-state index contributed by atoms with van der Waals surface area (Å²) >= 11 is 0. The number of allylic oxidation sites excluding steroid dienone is 2. The fourth-order valence-corrected chi connectivity index (χ4v) is 2.61. The van der Waals surface area contributed by atoms with E-state index in [4.69, 9.17) is 4.74 Å². The van der Waals surface area contributed by atoms with E-state index >= 15 is 0 Å². The Kier molecular flexibility index (Phi) is 6.06. The maximum atomic E-state index is 12.8. The van der Waals surface area contributed by atoms with Crippen molar-refractivity contribution in [3.63, 3.8) is 0 Å². The Morgan fingerprint density at radius 3 is 2.52 bits per heavy atom. The number of alkyl halides is 3. The molecule has 1 amide bonds. The lowest BCUT2D eigenvalue weighted by Crippen LogP contribution is -2.38. The molecule has 1 aromatic rings. The van der Waals surface area contributed by atoms with Gasteiger partial charge in [-0.25, -0.2) is 0 Å². The largest absolute Gasteiger partial charge is 0.497 e.